The number of aromatic amines is 1. The Labute approximate surface area is 53.3 Å². The molecule has 3 heteroatoms. The first-order chi connectivity index (χ1) is 4.34. The molecule has 0 aliphatic carbocycles. The average Bonchev–Trinajstić information content (AvgIpc) is 2.37. The van der Waals surface area contributed by atoms with E-state index in [0.717, 1.165) is 5.69 Å². The first-order valence-corrected chi connectivity index (χ1v) is 2.59. The molecule has 1 radical (unpaired) electrons. The Morgan fingerprint density at radius 3 is 3.00 bits per heavy atom. The standard InChI is InChI=1S/C6H7N2O/c1-8(5-9)6-2-3-7-4-6/h2-4,7H,1H3. The van der Waals surface area contributed by atoms with E-state index in [1.807, 2.05) is 0 Å². The van der Waals surface area contributed by atoms with Gasteiger partial charge in [0.2, 0.25) is 0 Å². The van der Waals surface area contributed by atoms with Gasteiger partial charge in [-0.1, -0.05) is 0 Å². The van der Waals surface area contributed by atoms with Gasteiger partial charge in [-0.2, -0.15) is 0 Å². The summed E-state index contributed by atoms with van der Waals surface area (Å²) in [6, 6.07) is 1.80. The van der Waals surface area contributed by atoms with Crippen LogP contribution in [0.2, 0.25) is 0 Å². The lowest BCUT2D eigenvalue weighted by Crippen LogP contribution is -2.12. The zero-order chi connectivity index (χ0) is 6.69. The molecule has 1 heterocycles. The van der Waals surface area contributed by atoms with Gasteiger partial charge in [0.1, 0.15) is 0 Å². The van der Waals surface area contributed by atoms with Crippen LogP contribution < -0.4 is 4.90 Å². The fourth-order valence-corrected chi connectivity index (χ4v) is 0.576. The minimum absolute atomic E-state index is 0.824. The van der Waals surface area contributed by atoms with Gasteiger partial charge >= 0.3 is 6.41 Å². The molecule has 0 aliphatic rings. The Hall–Kier alpha value is -1.25. The molecule has 47 valence electrons. The Balaban J connectivity index is 2.76. The minimum Gasteiger partial charge on any atom is -0.366 e. The van der Waals surface area contributed by atoms with Crippen LogP contribution in [0.25, 0.3) is 0 Å². The van der Waals surface area contributed by atoms with Crippen LogP contribution in [0.3, 0.4) is 0 Å². The van der Waals surface area contributed by atoms with Crippen molar-refractivity contribution in [2.75, 3.05) is 11.9 Å². The molecule has 0 saturated heterocycles. The molecule has 1 N–H and O–H groups in total. The van der Waals surface area contributed by atoms with Gasteiger partial charge < -0.3 is 9.88 Å². The van der Waals surface area contributed by atoms with Crippen LogP contribution in [0.5, 0.6) is 0 Å². The molecule has 0 aliphatic heterocycles. The van der Waals surface area contributed by atoms with E-state index in [-0.39, 0.29) is 0 Å². The SMILES string of the molecule is CN([C]=O)c1cc[nH]c1. The molecule has 0 saturated carbocycles. The summed E-state index contributed by atoms with van der Waals surface area (Å²) in [4.78, 5) is 14.2. The second kappa shape index (κ2) is 2.35. The molecule has 1 aromatic heterocycles. The van der Waals surface area contributed by atoms with Crippen molar-refractivity contribution in [2.24, 2.45) is 0 Å². The summed E-state index contributed by atoms with van der Waals surface area (Å²) in [6.45, 7) is 0. The number of rotatable bonds is 2. The molecule has 0 fully saturated rings. The van der Waals surface area contributed by atoms with Crippen molar-refractivity contribution in [2.45, 2.75) is 0 Å². The van der Waals surface area contributed by atoms with E-state index >= 15 is 0 Å². The molecule has 0 unspecified atom stereocenters. The van der Waals surface area contributed by atoms with Gasteiger partial charge in [-0.15, -0.1) is 0 Å². The molecule has 3 nitrogen and oxygen atoms in total. The van der Waals surface area contributed by atoms with Gasteiger partial charge in [-0.05, 0) is 6.07 Å². The van der Waals surface area contributed by atoms with Crippen molar-refractivity contribution in [3.63, 3.8) is 0 Å². The van der Waals surface area contributed by atoms with Gasteiger partial charge in [0.05, 0.1) is 5.69 Å². The van der Waals surface area contributed by atoms with Crippen molar-refractivity contribution in [1.29, 1.82) is 0 Å². The fraction of sp³-hybridized carbons (Fsp3) is 0.167. The lowest BCUT2D eigenvalue weighted by Gasteiger charge is -2.03. The van der Waals surface area contributed by atoms with Crippen molar-refractivity contribution < 1.29 is 4.79 Å². The van der Waals surface area contributed by atoms with E-state index < -0.39 is 0 Å². The number of amides is 1. The highest BCUT2D eigenvalue weighted by molar-refractivity contribution is 5.74. The number of H-pyrrole nitrogens is 1. The maximum absolute atomic E-state index is 9.99. The topological polar surface area (TPSA) is 36.1 Å². The third-order valence-corrected chi connectivity index (χ3v) is 1.11. The van der Waals surface area contributed by atoms with Crippen molar-refractivity contribution in [3.8, 4) is 0 Å². The number of hydrogen-bond acceptors (Lipinski definition) is 1. The van der Waals surface area contributed by atoms with E-state index in [1.54, 1.807) is 31.9 Å². The number of anilines is 1. The summed E-state index contributed by atoms with van der Waals surface area (Å²) in [5.74, 6) is 0. The summed E-state index contributed by atoms with van der Waals surface area (Å²) in [6.07, 6.45) is 5.21. The molecule has 9 heavy (non-hydrogen) atoms. The highest BCUT2D eigenvalue weighted by Gasteiger charge is 1.96. The third-order valence-electron chi connectivity index (χ3n) is 1.11. The van der Waals surface area contributed by atoms with E-state index in [2.05, 4.69) is 4.98 Å². The van der Waals surface area contributed by atoms with Crippen LogP contribution >= 0.6 is 0 Å². The molecule has 0 atom stereocenters. The van der Waals surface area contributed by atoms with Gasteiger partial charge in [0.25, 0.3) is 0 Å². The van der Waals surface area contributed by atoms with Crippen LogP contribution in [0.4, 0.5) is 5.69 Å². The molecular weight excluding hydrogens is 116 g/mol. The molecule has 0 bridgehead atoms. The maximum atomic E-state index is 9.99. The van der Waals surface area contributed by atoms with Gasteiger partial charge in [-0.25, -0.2) is 0 Å². The summed E-state index contributed by atoms with van der Waals surface area (Å²) in [5.41, 5.74) is 0.824. The summed E-state index contributed by atoms with van der Waals surface area (Å²) < 4.78 is 0. The zero-order valence-electron chi connectivity index (χ0n) is 5.09. The Morgan fingerprint density at radius 1 is 1.78 bits per heavy atom. The van der Waals surface area contributed by atoms with Crippen LogP contribution in [0.15, 0.2) is 18.5 Å². The van der Waals surface area contributed by atoms with Gasteiger partial charge in [-0.3, -0.25) is 4.79 Å². The largest absolute Gasteiger partial charge is 0.366 e. The second-order valence-corrected chi connectivity index (χ2v) is 1.72. The average molecular weight is 123 g/mol. The molecule has 0 spiro atoms. The first kappa shape index (κ1) is 5.88. The number of nitrogens with zero attached hydrogens (tertiary/aromatic N) is 1. The van der Waals surface area contributed by atoms with Crippen LogP contribution in [-0.4, -0.2) is 18.4 Å². The van der Waals surface area contributed by atoms with Crippen molar-refractivity contribution >= 4 is 12.1 Å². The predicted octanol–water partition coefficient (Wildman–Crippen LogP) is 0.518. The van der Waals surface area contributed by atoms with Crippen LogP contribution in [-0.2, 0) is 4.79 Å². The summed E-state index contributed by atoms with van der Waals surface area (Å²) >= 11 is 0. The number of aromatic nitrogens is 1. The van der Waals surface area contributed by atoms with E-state index in [1.165, 1.54) is 4.90 Å². The smallest absolute Gasteiger partial charge is 0.316 e. The quantitative estimate of drug-likeness (QED) is 0.572. The molecule has 1 aromatic rings. The first-order valence-electron chi connectivity index (χ1n) is 2.59. The number of carbonyl (C=O) groups excluding carboxylic acids is 1. The monoisotopic (exact) mass is 123 g/mol. The number of hydrogen-bond donors (Lipinski definition) is 1. The second-order valence-electron chi connectivity index (χ2n) is 1.72. The Bertz CT molecular complexity index is 181. The maximum Gasteiger partial charge on any atom is 0.316 e. The lowest BCUT2D eigenvalue weighted by molar-refractivity contribution is 0.554. The van der Waals surface area contributed by atoms with Crippen molar-refractivity contribution in [3.05, 3.63) is 18.5 Å². The number of nitrogens with one attached hydrogen (secondary N) is 1. The van der Waals surface area contributed by atoms with Gasteiger partial charge in [0, 0.05) is 19.4 Å². The van der Waals surface area contributed by atoms with E-state index in [0.29, 0.717) is 0 Å². The predicted molar refractivity (Wildman–Crippen MR) is 34.9 cm³/mol. The van der Waals surface area contributed by atoms with Gasteiger partial charge in [0.15, 0.2) is 0 Å². The van der Waals surface area contributed by atoms with E-state index in [9.17, 15) is 4.79 Å². The lowest BCUT2D eigenvalue weighted by atomic mass is 10.5. The highest BCUT2D eigenvalue weighted by atomic mass is 16.1. The van der Waals surface area contributed by atoms with Crippen LogP contribution in [0, 0.1) is 0 Å². The minimum atomic E-state index is 0.824. The normalized spacial score (nSPS) is 9.00. The molecule has 1 rings (SSSR count). The highest BCUT2D eigenvalue weighted by Crippen LogP contribution is 2.06. The molecule has 0 aromatic carbocycles. The zero-order valence-corrected chi connectivity index (χ0v) is 5.09. The Kier molecular flexibility index (Phi) is 1.53. The fourth-order valence-electron chi connectivity index (χ4n) is 0.576. The summed E-state index contributed by atoms with van der Waals surface area (Å²) in [5, 5.41) is 0. The molecular formula is C6H7N2O. The Morgan fingerprint density at radius 2 is 2.56 bits per heavy atom. The third kappa shape index (κ3) is 1.10. The van der Waals surface area contributed by atoms with E-state index in [4.69, 9.17) is 0 Å². The van der Waals surface area contributed by atoms with Crippen molar-refractivity contribution in [1.82, 2.24) is 4.98 Å². The summed E-state index contributed by atoms with van der Waals surface area (Å²) in [7, 11) is 1.65. The molecule has 1 amide bonds. The van der Waals surface area contributed by atoms with Crippen LogP contribution in [0.1, 0.15) is 0 Å².